The van der Waals surface area contributed by atoms with Crippen LogP contribution >= 0.6 is 0 Å². The highest BCUT2D eigenvalue weighted by Crippen LogP contribution is 2.70. The van der Waals surface area contributed by atoms with Crippen LogP contribution in [0, 0.1) is 16.7 Å². The molecule has 21 heavy (non-hydrogen) atoms. The molecular formula is C19H29NO. The van der Waals surface area contributed by atoms with E-state index in [9.17, 15) is 0 Å². The Hall–Kier alpha value is -0.860. The molecule has 0 spiro atoms. The summed E-state index contributed by atoms with van der Waals surface area (Å²) in [7, 11) is 2.10. The quantitative estimate of drug-likeness (QED) is 0.905. The molecule has 0 saturated heterocycles. The maximum atomic E-state index is 6.11. The Labute approximate surface area is 129 Å². The zero-order valence-electron chi connectivity index (χ0n) is 14.1. The molecule has 1 aromatic carbocycles. The average Bonchev–Trinajstić information content (AvgIpc) is 2.87. The van der Waals surface area contributed by atoms with Crippen molar-refractivity contribution in [2.24, 2.45) is 16.7 Å². The smallest absolute Gasteiger partial charge is 0.0842 e. The highest BCUT2D eigenvalue weighted by molar-refractivity contribution is 5.31. The van der Waals surface area contributed by atoms with Crippen molar-refractivity contribution in [3.63, 3.8) is 0 Å². The Kier molecular flexibility index (Phi) is 3.66. The maximum Gasteiger partial charge on any atom is 0.0842 e. The Bertz CT molecular complexity index is 506. The van der Waals surface area contributed by atoms with Crippen molar-refractivity contribution in [3.8, 4) is 0 Å². The van der Waals surface area contributed by atoms with Gasteiger partial charge < -0.3 is 10.1 Å². The minimum Gasteiger partial charge on any atom is -0.373 e. The molecule has 2 unspecified atom stereocenters. The molecule has 1 aliphatic carbocycles. The second kappa shape index (κ2) is 5.10. The molecule has 1 aliphatic heterocycles. The van der Waals surface area contributed by atoms with Gasteiger partial charge in [0.1, 0.15) is 0 Å². The fourth-order valence-electron chi connectivity index (χ4n) is 4.58. The fraction of sp³-hybridized carbons (Fsp3) is 0.684. The van der Waals surface area contributed by atoms with E-state index in [0.717, 1.165) is 19.4 Å². The van der Waals surface area contributed by atoms with Gasteiger partial charge in [-0.1, -0.05) is 52.0 Å². The van der Waals surface area contributed by atoms with Crippen molar-refractivity contribution < 1.29 is 4.74 Å². The van der Waals surface area contributed by atoms with Crippen LogP contribution < -0.4 is 5.32 Å². The summed E-state index contributed by atoms with van der Waals surface area (Å²) < 4.78 is 6.11. The van der Waals surface area contributed by atoms with Gasteiger partial charge in [0.2, 0.25) is 0 Å². The SMILES string of the molecule is CNC(CC1OCCc2ccccc21)C1C(C)(C)C1(C)C. The van der Waals surface area contributed by atoms with Crippen molar-refractivity contribution in [1.82, 2.24) is 5.32 Å². The van der Waals surface area contributed by atoms with Crippen molar-refractivity contribution in [2.45, 2.75) is 52.7 Å². The summed E-state index contributed by atoms with van der Waals surface area (Å²) in [6.07, 6.45) is 2.38. The maximum absolute atomic E-state index is 6.11. The van der Waals surface area contributed by atoms with Crippen LogP contribution in [0.2, 0.25) is 0 Å². The lowest BCUT2D eigenvalue weighted by atomic mass is 9.90. The monoisotopic (exact) mass is 287 g/mol. The molecule has 2 aliphatic rings. The summed E-state index contributed by atoms with van der Waals surface area (Å²) in [6, 6.07) is 9.30. The van der Waals surface area contributed by atoms with Crippen LogP contribution in [0.15, 0.2) is 24.3 Å². The molecular weight excluding hydrogens is 258 g/mol. The molecule has 2 nitrogen and oxygen atoms in total. The molecule has 1 N–H and O–H groups in total. The molecule has 1 fully saturated rings. The van der Waals surface area contributed by atoms with E-state index in [1.807, 2.05) is 0 Å². The van der Waals surface area contributed by atoms with Gasteiger partial charge in [0, 0.05) is 6.04 Å². The third kappa shape index (κ3) is 2.33. The highest BCUT2D eigenvalue weighted by Gasteiger charge is 2.66. The van der Waals surface area contributed by atoms with Crippen LogP contribution in [0.4, 0.5) is 0 Å². The topological polar surface area (TPSA) is 21.3 Å². The first-order valence-electron chi connectivity index (χ1n) is 8.26. The van der Waals surface area contributed by atoms with Gasteiger partial charge in [-0.2, -0.15) is 0 Å². The van der Waals surface area contributed by atoms with Crippen molar-refractivity contribution in [3.05, 3.63) is 35.4 Å². The van der Waals surface area contributed by atoms with Gasteiger partial charge in [-0.05, 0) is 47.8 Å². The van der Waals surface area contributed by atoms with Gasteiger partial charge in [0.25, 0.3) is 0 Å². The fourth-order valence-corrected chi connectivity index (χ4v) is 4.58. The summed E-state index contributed by atoms with van der Waals surface area (Å²) in [5.74, 6) is 0.715. The zero-order chi connectivity index (χ0) is 15.3. The lowest BCUT2D eigenvalue weighted by molar-refractivity contribution is 0.0269. The van der Waals surface area contributed by atoms with Crippen LogP contribution in [0.25, 0.3) is 0 Å². The number of hydrogen-bond donors (Lipinski definition) is 1. The first-order valence-corrected chi connectivity index (χ1v) is 8.26. The van der Waals surface area contributed by atoms with Crippen LogP contribution in [0.1, 0.15) is 51.3 Å². The van der Waals surface area contributed by atoms with Crippen LogP contribution in [-0.2, 0) is 11.2 Å². The summed E-state index contributed by atoms with van der Waals surface area (Å²) in [5.41, 5.74) is 3.70. The Morgan fingerprint density at radius 3 is 2.48 bits per heavy atom. The number of rotatable bonds is 4. The lowest BCUT2D eigenvalue weighted by Crippen LogP contribution is -2.33. The van der Waals surface area contributed by atoms with E-state index in [1.165, 1.54) is 11.1 Å². The molecule has 2 atom stereocenters. The first kappa shape index (κ1) is 15.1. The molecule has 1 heterocycles. The number of fused-ring (bicyclic) bond motifs is 1. The second-order valence-electron chi connectivity index (χ2n) is 7.86. The van der Waals surface area contributed by atoms with E-state index in [4.69, 9.17) is 4.74 Å². The van der Waals surface area contributed by atoms with E-state index >= 15 is 0 Å². The van der Waals surface area contributed by atoms with Gasteiger partial charge in [0.05, 0.1) is 12.7 Å². The number of hydrogen-bond acceptors (Lipinski definition) is 2. The Morgan fingerprint density at radius 2 is 1.86 bits per heavy atom. The van der Waals surface area contributed by atoms with E-state index in [-0.39, 0.29) is 6.10 Å². The predicted octanol–water partition coefficient (Wildman–Crippen LogP) is 3.96. The van der Waals surface area contributed by atoms with E-state index < -0.39 is 0 Å². The number of ether oxygens (including phenoxy) is 1. The zero-order valence-corrected chi connectivity index (χ0v) is 14.1. The number of benzene rings is 1. The molecule has 1 aromatic rings. The Morgan fingerprint density at radius 1 is 1.19 bits per heavy atom. The highest BCUT2D eigenvalue weighted by atomic mass is 16.5. The predicted molar refractivity (Wildman–Crippen MR) is 87.4 cm³/mol. The van der Waals surface area contributed by atoms with Crippen molar-refractivity contribution in [2.75, 3.05) is 13.7 Å². The van der Waals surface area contributed by atoms with E-state index in [0.29, 0.717) is 22.8 Å². The molecule has 0 radical (unpaired) electrons. The molecule has 116 valence electrons. The average molecular weight is 287 g/mol. The van der Waals surface area contributed by atoms with Gasteiger partial charge >= 0.3 is 0 Å². The normalized spacial score (nSPS) is 28.0. The molecule has 1 saturated carbocycles. The summed E-state index contributed by atoms with van der Waals surface area (Å²) >= 11 is 0. The third-order valence-corrected chi connectivity index (χ3v) is 6.47. The Balaban J connectivity index is 1.78. The standard InChI is InChI=1S/C19H29NO/c1-18(2)17(19(18,3)4)15(20-5)12-16-14-9-7-6-8-13(14)10-11-21-16/h6-9,15-17,20H,10-12H2,1-5H3. The summed E-state index contributed by atoms with van der Waals surface area (Å²) in [5, 5.41) is 3.57. The lowest BCUT2D eigenvalue weighted by Gasteiger charge is -2.30. The van der Waals surface area contributed by atoms with Crippen molar-refractivity contribution in [1.29, 1.82) is 0 Å². The molecule has 0 bridgehead atoms. The van der Waals surface area contributed by atoms with Crippen LogP contribution in [-0.4, -0.2) is 19.7 Å². The molecule has 2 heteroatoms. The first-order chi connectivity index (χ1) is 9.89. The minimum absolute atomic E-state index is 0.250. The second-order valence-corrected chi connectivity index (χ2v) is 7.86. The van der Waals surface area contributed by atoms with Gasteiger partial charge in [-0.15, -0.1) is 0 Å². The van der Waals surface area contributed by atoms with Gasteiger partial charge in [-0.25, -0.2) is 0 Å². The van der Waals surface area contributed by atoms with Crippen molar-refractivity contribution >= 4 is 0 Å². The molecule has 0 amide bonds. The van der Waals surface area contributed by atoms with Gasteiger partial charge in [-0.3, -0.25) is 0 Å². The van der Waals surface area contributed by atoms with E-state index in [1.54, 1.807) is 0 Å². The molecule has 3 rings (SSSR count). The summed E-state index contributed by atoms with van der Waals surface area (Å²) in [4.78, 5) is 0. The van der Waals surface area contributed by atoms with E-state index in [2.05, 4.69) is 64.3 Å². The van der Waals surface area contributed by atoms with Gasteiger partial charge in [0.15, 0.2) is 0 Å². The summed E-state index contributed by atoms with van der Waals surface area (Å²) in [6.45, 7) is 10.5. The molecule has 0 aromatic heterocycles. The van der Waals surface area contributed by atoms with Crippen LogP contribution in [0.3, 0.4) is 0 Å². The van der Waals surface area contributed by atoms with Crippen LogP contribution in [0.5, 0.6) is 0 Å². The minimum atomic E-state index is 0.250. The largest absolute Gasteiger partial charge is 0.373 e. The number of nitrogens with one attached hydrogen (secondary N) is 1. The third-order valence-electron chi connectivity index (χ3n) is 6.47.